The summed E-state index contributed by atoms with van der Waals surface area (Å²) in [5.41, 5.74) is 0.695. The van der Waals surface area contributed by atoms with Gasteiger partial charge in [0, 0.05) is 18.8 Å². The number of benzene rings is 1. The van der Waals surface area contributed by atoms with Gasteiger partial charge in [0.25, 0.3) is 5.91 Å². The van der Waals surface area contributed by atoms with Crippen LogP contribution in [0.25, 0.3) is 0 Å². The highest BCUT2D eigenvalue weighted by molar-refractivity contribution is 5.94. The average molecular weight is 468 g/mol. The number of anilines is 2. The van der Waals surface area contributed by atoms with E-state index in [-0.39, 0.29) is 36.0 Å². The third-order valence-electron chi connectivity index (χ3n) is 5.98. The molecule has 9 heteroatoms. The molecule has 2 aromatic rings. The Bertz CT molecular complexity index is 1040. The molecule has 2 amide bonds. The van der Waals surface area contributed by atoms with Crippen LogP contribution in [0.3, 0.4) is 0 Å². The molecule has 2 heterocycles. The minimum atomic E-state index is -0.561. The van der Waals surface area contributed by atoms with Gasteiger partial charge in [-0.05, 0) is 42.5 Å². The first-order valence-corrected chi connectivity index (χ1v) is 11.4. The van der Waals surface area contributed by atoms with Gasteiger partial charge in [-0.2, -0.15) is 4.98 Å². The van der Waals surface area contributed by atoms with Gasteiger partial charge in [-0.1, -0.05) is 32.8 Å². The maximum Gasteiger partial charge on any atom is 0.415 e. The lowest BCUT2D eigenvalue weighted by Gasteiger charge is -2.23. The molecule has 1 saturated carbocycles. The number of terminal acetylenes is 1. The summed E-state index contributed by atoms with van der Waals surface area (Å²) in [4.78, 5) is 34.7. The summed E-state index contributed by atoms with van der Waals surface area (Å²) in [6.07, 6.45) is 13.2. The number of amides is 2. The molecule has 1 atom stereocenters. The Morgan fingerprint density at radius 1 is 1.26 bits per heavy atom. The molecule has 1 unspecified atom stereocenters. The standard InChI is InChI=1S/C23H28FN5O3.C2H2/c1-14(2)19-13-32-23(31)29(19)20-9-10-25-22(28-20)26-12-15-7-8-17(18(24)11-15)21(30)27-16-5-3-4-6-16;1-2/h7-11,14,16,19H,3-6,12-13H2,1-2H3,(H,27,30)(H,25,26,28);1-2H. The molecular formula is C25H30FN5O3. The van der Waals surface area contributed by atoms with Gasteiger partial charge in [0.1, 0.15) is 18.2 Å². The average Bonchev–Trinajstić information content (AvgIpc) is 3.48. The van der Waals surface area contributed by atoms with E-state index < -0.39 is 11.9 Å². The molecule has 34 heavy (non-hydrogen) atoms. The lowest BCUT2D eigenvalue weighted by atomic mass is 10.0. The molecule has 2 N–H and O–H groups in total. The van der Waals surface area contributed by atoms with E-state index in [1.807, 2.05) is 13.8 Å². The first-order chi connectivity index (χ1) is 16.4. The Kier molecular flexibility index (Phi) is 8.41. The number of hydrogen-bond donors (Lipinski definition) is 2. The van der Waals surface area contributed by atoms with Crippen molar-refractivity contribution in [3.63, 3.8) is 0 Å². The third-order valence-corrected chi connectivity index (χ3v) is 5.98. The number of nitrogens with one attached hydrogen (secondary N) is 2. The van der Waals surface area contributed by atoms with E-state index in [1.54, 1.807) is 18.3 Å². The number of nitrogens with zero attached hydrogens (tertiary/aromatic N) is 3. The van der Waals surface area contributed by atoms with E-state index in [0.717, 1.165) is 25.7 Å². The van der Waals surface area contributed by atoms with Crippen LogP contribution < -0.4 is 15.5 Å². The van der Waals surface area contributed by atoms with E-state index in [0.29, 0.717) is 23.9 Å². The lowest BCUT2D eigenvalue weighted by Crippen LogP contribution is -2.37. The molecule has 2 fully saturated rings. The molecule has 1 aromatic carbocycles. The fourth-order valence-electron chi connectivity index (χ4n) is 4.13. The minimum Gasteiger partial charge on any atom is -0.447 e. The van der Waals surface area contributed by atoms with Crippen molar-refractivity contribution in [3.05, 3.63) is 47.4 Å². The molecule has 0 radical (unpaired) electrons. The highest BCUT2D eigenvalue weighted by Gasteiger charge is 2.37. The fourth-order valence-corrected chi connectivity index (χ4v) is 4.13. The summed E-state index contributed by atoms with van der Waals surface area (Å²) in [7, 11) is 0. The van der Waals surface area contributed by atoms with Gasteiger partial charge in [0.2, 0.25) is 5.95 Å². The predicted octanol–water partition coefficient (Wildman–Crippen LogP) is 4.13. The lowest BCUT2D eigenvalue weighted by molar-refractivity contribution is 0.0933. The molecule has 1 saturated heterocycles. The summed E-state index contributed by atoms with van der Waals surface area (Å²) < 4.78 is 19.7. The van der Waals surface area contributed by atoms with Gasteiger partial charge < -0.3 is 15.4 Å². The molecule has 1 aliphatic heterocycles. The molecule has 0 spiro atoms. The quantitative estimate of drug-likeness (QED) is 0.595. The first-order valence-electron chi connectivity index (χ1n) is 11.4. The summed E-state index contributed by atoms with van der Waals surface area (Å²) in [6.45, 7) is 4.63. The van der Waals surface area contributed by atoms with Crippen LogP contribution in [-0.4, -0.2) is 40.7 Å². The van der Waals surface area contributed by atoms with Gasteiger partial charge in [0.15, 0.2) is 0 Å². The Hall–Kier alpha value is -3.67. The maximum atomic E-state index is 14.6. The van der Waals surface area contributed by atoms with Crippen LogP contribution in [0.15, 0.2) is 30.5 Å². The van der Waals surface area contributed by atoms with Crippen molar-refractivity contribution in [1.82, 2.24) is 15.3 Å². The van der Waals surface area contributed by atoms with E-state index in [9.17, 15) is 14.0 Å². The van der Waals surface area contributed by atoms with Crippen molar-refractivity contribution < 1.29 is 18.7 Å². The largest absolute Gasteiger partial charge is 0.447 e. The molecule has 0 bridgehead atoms. The van der Waals surface area contributed by atoms with E-state index in [2.05, 4.69) is 33.4 Å². The van der Waals surface area contributed by atoms with Gasteiger partial charge >= 0.3 is 6.09 Å². The molecule has 1 aromatic heterocycles. The molecule has 2 aliphatic rings. The normalized spacial score (nSPS) is 17.8. The fraction of sp³-hybridized carbons (Fsp3) is 0.440. The topological polar surface area (TPSA) is 96.5 Å². The molecule has 180 valence electrons. The SMILES string of the molecule is C#C.CC(C)C1COC(=O)N1c1ccnc(NCc2ccc(C(=O)NC3CCCC3)c(F)c2)n1. The Labute approximate surface area is 199 Å². The van der Waals surface area contributed by atoms with Crippen molar-refractivity contribution >= 4 is 23.8 Å². The van der Waals surface area contributed by atoms with E-state index in [1.165, 1.54) is 17.0 Å². The highest BCUT2D eigenvalue weighted by atomic mass is 19.1. The van der Waals surface area contributed by atoms with Crippen LogP contribution >= 0.6 is 0 Å². The van der Waals surface area contributed by atoms with Crippen LogP contribution in [-0.2, 0) is 11.3 Å². The number of halogens is 1. The zero-order chi connectivity index (χ0) is 24.7. The Balaban J connectivity index is 0.00000158. The van der Waals surface area contributed by atoms with Crippen molar-refractivity contribution in [3.8, 4) is 12.8 Å². The summed E-state index contributed by atoms with van der Waals surface area (Å²) in [5, 5.41) is 5.95. The van der Waals surface area contributed by atoms with Gasteiger partial charge in [-0.15, -0.1) is 12.8 Å². The number of ether oxygens (including phenoxy) is 1. The number of cyclic esters (lactones) is 1. The van der Waals surface area contributed by atoms with E-state index in [4.69, 9.17) is 4.74 Å². The van der Waals surface area contributed by atoms with Crippen LogP contribution in [0.1, 0.15) is 55.5 Å². The van der Waals surface area contributed by atoms with Gasteiger partial charge in [-0.3, -0.25) is 9.69 Å². The molecule has 1 aliphatic carbocycles. The zero-order valence-electron chi connectivity index (χ0n) is 19.5. The second-order valence-corrected chi connectivity index (χ2v) is 8.62. The van der Waals surface area contributed by atoms with Crippen molar-refractivity contribution in [2.24, 2.45) is 5.92 Å². The zero-order valence-corrected chi connectivity index (χ0v) is 19.5. The number of carbonyl (C=O) groups is 2. The molecule has 4 rings (SSSR count). The minimum absolute atomic E-state index is 0.0474. The predicted molar refractivity (Wildman–Crippen MR) is 128 cm³/mol. The van der Waals surface area contributed by atoms with Crippen LogP contribution in [0.4, 0.5) is 21.0 Å². The van der Waals surface area contributed by atoms with Crippen LogP contribution in [0.5, 0.6) is 0 Å². The van der Waals surface area contributed by atoms with Gasteiger partial charge in [0.05, 0.1) is 11.6 Å². The second kappa shape index (κ2) is 11.5. The Morgan fingerprint density at radius 2 is 2.00 bits per heavy atom. The summed E-state index contributed by atoms with van der Waals surface area (Å²) in [6, 6.07) is 6.24. The number of rotatable bonds is 7. The van der Waals surface area contributed by atoms with Crippen molar-refractivity contribution in [1.29, 1.82) is 0 Å². The number of hydrogen-bond acceptors (Lipinski definition) is 6. The van der Waals surface area contributed by atoms with Gasteiger partial charge in [-0.25, -0.2) is 14.2 Å². The number of aromatic nitrogens is 2. The van der Waals surface area contributed by atoms with Crippen molar-refractivity contribution in [2.75, 3.05) is 16.8 Å². The van der Waals surface area contributed by atoms with Crippen LogP contribution in [0.2, 0.25) is 0 Å². The van der Waals surface area contributed by atoms with Crippen LogP contribution in [0, 0.1) is 24.6 Å². The monoisotopic (exact) mass is 467 g/mol. The first kappa shape index (κ1) is 25.0. The second-order valence-electron chi connectivity index (χ2n) is 8.62. The molecular weight excluding hydrogens is 437 g/mol. The smallest absolute Gasteiger partial charge is 0.415 e. The summed E-state index contributed by atoms with van der Waals surface area (Å²) >= 11 is 0. The highest BCUT2D eigenvalue weighted by Crippen LogP contribution is 2.26. The summed E-state index contributed by atoms with van der Waals surface area (Å²) in [5.74, 6) is 0.0402. The van der Waals surface area contributed by atoms with Crippen molar-refractivity contribution in [2.45, 2.75) is 58.2 Å². The van der Waals surface area contributed by atoms with E-state index >= 15 is 0 Å². The third kappa shape index (κ3) is 5.81. The Morgan fingerprint density at radius 3 is 2.68 bits per heavy atom. The molecule has 8 nitrogen and oxygen atoms in total. The number of carbonyl (C=O) groups excluding carboxylic acids is 2. The maximum absolute atomic E-state index is 14.6.